The van der Waals surface area contributed by atoms with E-state index in [1.807, 2.05) is 30.5 Å². The number of thiazole rings is 1. The summed E-state index contributed by atoms with van der Waals surface area (Å²) in [5.41, 5.74) is 2.27. The smallest absolute Gasteiger partial charge is 0.255 e. The minimum absolute atomic E-state index is 0.0694. The van der Waals surface area contributed by atoms with Gasteiger partial charge in [0, 0.05) is 40.8 Å². The Bertz CT molecular complexity index is 945. The molecule has 1 aromatic heterocycles. The van der Waals surface area contributed by atoms with Crippen LogP contribution in [0.25, 0.3) is 0 Å². The van der Waals surface area contributed by atoms with Gasteiger partial charge < -0.3 is 10.6 Å². The number of amides is 1. The van der Waals surface area contributed by atoms with Gasteiger partial charge in [-0.15, -0.1) is 11.3 Å². The van der Waals surface area contributed by atoms with Crippen LogP contribution in [0.5, 0.6) is 0 Å². The molecule has 0 saturated carbocycles. The second kappa shape index (κ2) is 8.63. The van der Waals surface area contributed by atoms with E-state index in [1.54, 1.807) is 11.3 Å². The average Bonchev–Trinajstić information content (AvgIpc) is 3.12. The molecule has 2 N–H and O–H groups in total. The largest absolute Gasteiger partial charge is 0.322 e. The quantitative estimate of drug-likeness (QED) is 0.607. The second-order valence-electron chi connectivity index (χ2n) is 7.65. The van der Waals surface area contributed by atoms with Gasteiger partial charge in [0.05, 0.1) is 5.01 Å². The zero-order valence-corrected chi connectivity index (χ0v) is 17.1. The molecule has 0 fully saturated rings. The molecule has 0 radical (unpaired) electrons. The normalized spacial score (nSPS) is 11.4. The molecule has 0 aliphatic rings. The Balaban J connectivity index is 1.55. The molecule has 0 aliphatic heterocycles. The highest BCUT2D eigenvalue weighted by Crippen LogP contribution is 2.26. The first-order valence-corrected chi connectivity index (χ1v) is 9.95. The van der Waals surface area contributed by atoms with Gasteiger partial charge in [-0.1, -0.05) is 32.9 Å². The number of nitrogens with one attached hydrogen (secondary N) is 2. The molecule has 0 saturated heterocycles. The van der Waals surface area contributed by atoms with Crippen molar-refractivity contribution in [2.45, 2.75) is 39.3 Å². The highest BCUT2D eigenvalue weighted by atomic mass is 32.1. The summed E-state index contributed by atoms with van der Waals surface area (Å²) >= 11 is 1.73. The van der Waals surface area contributed by atoms with Crippen LogP contribution in [0.15, 0.2) is 54.7 Å². The molecular weight excluding hydrogens is 373 g/mol. The number of hydrogen-bond donors (Lipinski definition) is 2. The van der Waals surface area contributed by atoms with Gasteiger partial charge >= 0.3 is 0 Å². The number of halogens is 1. The Morgan fingerprint density at radius 3 is 2.54 bits per heavy atom. The molecule has 1 heterocycles. The number of aromatic nitrogens is 1. The van der Waals surface area contributed by atoms with E-state index in [4.69, 9.17) is 0 Å². The highest BCUT2D eigenvalue weighted by molar-refractivity contribution is 7.11. The van der Waals surface area contributed by atoms with E-state index in [2.05, 4.69) is 36.4 Å². The Labute approximate surface area is 168 Å². The van der Waals surface area contributed by atoms with Crippen molar-refractivity contribution >= 4 is 22.9 Å². The maximum Gasteiger partial charge on any atom is 0.255 e. The second-order valence-corrected chi connectivity index (χ2v) is 8.76. The van der Waals surface area contributed by atoms with E-state index in [9.17, 15) is 9.18 Å². The molecule has 146 valence electrons. The van der Waals surface area contributed by atoms with Crippen LogP contribution in [0.1, 0.15) is 46.6 Å². The lowest BCUT2D eigenvalue weighted by molar-refractivity contribution is 0.102. The number of rotatable bonds is 6. The number of benzene rings is 2. The average molecular weight is 398 g/mol. The lowest BCUT2D eigenvalue weighted by atomic mass is 9.98. The fourth-order valence-electron chi connectivity index (χ4n) is 2.63. The third-order valence-corrected chi connectivity index (χ3v) is 5.54. The van der Waals surface area contributed by atoms with Crippen LogP contribution in [0.4, 0.5) is 10.1 Å². The Hall–Kier alpha value is -2.57. The molecule has 28 heavy (non-hydrogen) atoms. The van der Waals surface area contributed by atoms with Crippen LogP contribution >= 0.6 is 11.3 Å². The summed E-state index contributed by atoms with van der Waals surface area (Å²) in [6.45, 7) is 7.92. The minimum atomic E-state index is -0.361. The van der Waals surface area contributed by atoms with Crippen LogP contribution < -0.4 is 10.6 Å². The van der Waals surface area contributed by atoms with Crippen molar-refractivity contribution in [3.8, 4) is 0 Å². The molecule has 2 aromatic carbocycles. The Kier molecular flexibility index (Phi) is 6.21. The van der Waals surface area contributed by atoms with Crippen LogP contribution in [-0.2, 0) is 18.5 Å². The van der Waals surface area contributed by atoms with Crippen molar-refractivity contribution in [1.82, 2.24) is 10.3 Å². The van der Waals surface area contributed by atoms with E-state index in [0.29, 0.717) is 17.8 Å². The summed E-state index contributed by atoms with van der Waals surface area (Å²) < 4.78 is 13.0. The van der Waals surface area contributed by atoms with Gasteiger partial charge in [0.15, 0.2) is 0 Å². The van der Waals surface area contributed by atoms with E-state index in [-0.39, 0.29) is 17.1 Å². The number of hydrogen-bond acceptors (Lipinski definition) is 4. The van der Waals surface area contributed by atoms with E-state index in [1.165, 1.54) is 29.1 Å². The molecule has 0 aliphatic carbocycles. The summed E-state index contributed by atoms with van der Waals surface area (Å²) in [4.78, 5) is 18.0. The van der Waals surface area contributed by atoms with Crippen molar-refractivity contribution in [2.75, 3.05) is 5.32 Å². The molecule has 4 nitrogen and oxygen atoms in total. The van der Waals surface area contributed by atoms with Gasteiger partial charge in [-0.25, -0.2) is 9.37 Å². The third-order valence-electron chi connectivity index (χ3n) is 4.11. The van der Waals surface area contributed by atoms with E-state index < -0.39 is 0 Å². The predicted molar refractivity (Wildman–Crippen MR) is 112 cm³/mol. The molecule has 0 unspecified atom stereocenters. The lowest BCUT2D eigenvalue weighted by Crippen LogP contribution is -2.14. The minimum Gasteiger partial charge on any atom is -0.322 e. The molecule has 3 rings (SSSR count). The van der Waals surface area contributed by atoms with Crippen molar-refractivity contribution in [3.05, 3.63) is 81.6 Å². The molecule has 0 bridgehead atoms. The summed E-state index contributed by atoms with van der Waals surface area (Å²) in [6, 6.07) is 13.2. The highest BCUT2D eigenvalue weighted by Gasteiger charge is 2.17. The first-order chi connectivity index (χ1) is 13.3. The monoisotopic (exact) mass is 397 g/mol. The van der Waals surface area contributed by atoms with Gasteiger partial charge in [-0.2, -0.15) is 0 Å². The first-order valence-electron chi connectivity index (χ1n) is 9.13. The molecule has 1 amide bonds. The van der Waals surface area contributed by atoms with Gasteiger partial charge in [-0.3, -0.25) is 4.79 Å². The zero-order chi connectivity index (χ0) is 20.1. The predicted octanol–water partition coefficient (Wildman–Crippen LogP) is 5.12. The van der Waals surface area contributed by atoms with Crippen molar-refractivity contribution in [1.29, 1.82) is 0 Å². The standard InChI is InChI=1S/C22H24FN3OS/c1-22(2,3)21-25-14-19(28-21)13-24-12-15-5-4-6-18(11-15)26-20(27)16-7-9-17(23)10-8-16/h4-11,14,24H,12-13H2,1-3H3,(H,26,27). The van der Waals surface area contributed by atoms with Crippen molar-refractivity contribution in [3.63, 3.8) is 0 Å². The molecule has 0 atom stereocenters. The number of carbonyl (C=O) groups excluding carboxylic acids is 1. The van der Waals surface area contributed by atoms with Crippen LogP contribution in [0.2, 0.25) is 0 Å². The first kappa shape index (κ1) is 20.2. The fourth-order valence-corrected chi connectivity index (χ4v) is 3.57. The lowest BCUT2D eigenvalue weighted by Gasteiger charge is -2.13. The van der Waals surface area contributed by atoms with Crippen LogP contribution in [-0.4, -0.2) is 10.9 Å². The zero-order valence-electron chi connectivity index (χ0n) is 16.3. The topological polar surface area (TPSA) is 54.0 Å². The summed E-state index contributed by atoms with van der Waals surface area (Å²) in [7, 11) is 0. The number of carbonyl (C=O) groups is 1. The number of anilines is 1. The molecule has 0 spiro atoms. The summed E-state index contributed by atoms with van der Waals surface area (Å²) in [5, 5.41) is 7.40. The maximum atomic E-state index is 13.0. The third kappa shape index (κ3) is 5.47. The van der Waals surface area contributed by atoms with Gasteiger partial charge in [-0.05, 0) is 42.0 Å². The van der Waals surface area contributed by atoms with Crippen molar-refractivity contribution in [2.24, 2.45) is 0 Å². The molecular formula is C22H24FN3OS. The maximum absolute atomic E-state index is 13.0. The van der Waals surface area contributed by atoms with Crippen molar-refractivity contribution < 1.29 is 9.18 Å². The Morgan fingerprint density at radius 1 is 1.11 bits per heavy atom. The van der Waals surface area contributed by atoms with Gasteiger partial charge in [0.25, 0.3) is 5.91 Å². The summed E-state index contributed by atoms with van der Waals surface area (Å²) in [5.74, 6) is -0.621. The molecule has 6 heteroatoms. The fraction of sp³-hybridized carbons (Fsp3) is 0.273. The van der Waals surface area contributed by atoms with Gasteiger partial charge in [0.2, 0.25) is 0 Å². The molecule has 3 aromatic rings. The van der Waals surface area contributed by atoms with E-state index in [0.717, 1.165) is 17.1 Å². The van der Waals surface area contributed by atoms with Crippen LogP contribution in [0.3, 0.4) is 0 Å². The van der Waals surface area contributed by atoms with Gasteiger partial charge in [0.1, 0.15) is 5.82 Å². The Morgan fingerprint density at radius 2 is 1.86 bits per heavy atom. The van der Waals surface area contributed by atoms with Crippen LogP contribution in [0, 0.1) is 5.82 Å². The van der Waals surface area contributed by atoms with E-state index >= 15 is 0 Å². The number of nitrogens with zero attached hydrogens (tertiary/aromatic N) is 1. The summed E-state index contributed by atoms with van der Waals surface area (Å²) in [6.07, 6.45) is 1.93. The SMILES string of the molecule is CC(C)(C)c1ncc(CNCc2cccc(NC(=O)c3ccc(F)cc3)c2)s1.